The van der Waals surface area contributed by atoms with Gasteiger partial charge in [0.05, 0.1) is 5.41 Å². The van der Waals surface area contributed by atoms with E-state index >= 15 is 0 Å². The van der Waals surface area contributed by atoms with E-state index in [-0.39, 0.29) is 27.6 Å². The predicted molar refractivity (Wildman–Crippen MR) is 95.8 cm³/mol. The Labute approximate surface area is 143 Å². The second-order valence-electron chi connectivity index (χ2n) is 8.36. The first-order valence-electron chi connectivity index (χ1n) is 8.81. The molecular formula is C23H22O. The number of hydrogen-bond donors (Lipinski definition) is 0. The lowest BCUT2D eigenvalue weighted by molar-refractivity contribution is -0.130. The molecule has 0 N–H and O–H groups in total. The lowest BCUT2D eigenvalue weighted by Crippen LogP contribution is -2.37. The van der Waals surface area contributed by atoms with E-state index in [9.17, 15) is 4.79 Å². The largest absolute Gasteiger partial charge is 0.298 e. The minimum atomic E-state index is -0.356. The summed E-state index contributed by atoms with van der Waals surface area (Å²) >= 11 is 0. The molecule has 0 bridgehead atoms. The van der Waals surface area contributed by atoms with Gasteiger partial charge in [-0.25, -0.2) is 0 Å². The Morgan fingerprint density at radius 3 is 1.92 bits per heavy atom. The highest BCUT2D eigenvalue weighted by Gasteiger charge is 2.96. The van der Waals surface area contributed by atoms with E-state index < -0.39 is 0 Å². The maximum Gasteiger partial charge on any atom is 0.147 e. The molecule has 2 fully saturated rings. The summed E-state index contributed by atoms with van der Waals surface area (Å²) in [5, 5.41) is 0. The quantitative estimate of drug-likeness (QED) is 0.736. The van der Waals surface area contributed by atoms with Crippen molar-refractivity contribution in [2.75, 3.05) is 0 Å². The van der Waals surface area contributed by atoms with E-state index in [1.165, 1.54) is 11.1 Å². The van der Waals surface area contributed by atoms with Crippen molar-refractivity contribution in [1.29, 1.82) is 0 Å². The van der Waals surface area contributed by atoms with Gasteiger partial charge in [0, 0.05) is 22.2 Å². The number of benzene rings is 2. The monoisotopic (exact) mass is 314 g/mol. The molecule has 1 nitrogen and oxygen atoms in total. The van der Waals surface area contributed by atoms with E-state index in [2.05, 4.69) is 93.6 Å². The van der Waals surface area contributed by atoms with Crippen LogP contribution in [0.25, 0.3) is 0 Å². The van der Waals surface area contributed by atoms with Crippen LogP contribution in [-0.2, 0) is 15.6 Å². The van der Waals surface area contributed by atoms with Crippen molar-refractivity contribution in [3.05, 3.63) is 83.9 Å². The number of carbonyl (C=O) groups is 1. The Hall–Kier alpha value is -2.15. The van der Waals surface area contributed by atoms with E-state index in [1.807, 2.05) is 0 Å². The highest BCUT2D eigenvalue weighted by molar-refractivity contribution is 6.05. The summed E-state index contributed by atoms with van der Waals surface area (Å²) in [7, 11) is 0. The van der Waals surface area contributed by atoms with Crippen LogP contribution in [0.1, 0.15) is 31.9 Å². The molecule has 4 atom stereocenters. The smallest absolute Gasteiger partial charge is 0.147 e. The second-order valence-corrected chi connectivity index (χ2v) is 8.36. The van der Waals surface area contributed by atoms with Crippen LogP contribution in [0.3, 0.4) is 0 Å². The lowest BCUT2D eigenvalue weighted by atomic mass is 9.68. The molecule has 4 unspecified atom stereocenters. The van der Waals surface area contributed by atoms with Gasteiger partial charge in [-0.1, -0.05) is 93.6 Å². The van der Waals surface area contributed by atoms with Gasteiger partial charge in [0.2, 0.25) is 0 Å². The van der Waals surface area contributed by atoms with Gasteiger partial charge in [-0.2, -0.15) is 0 Å². The van der Waals surface area contributed by atoms with Crippen molar-refractivity contribution in [3.8, 4) is 0 Å². The molecule has 0 aliphatic heterocycles. The molecule has 3 aliphatic carbocycles. The lowest BCUT2D eigenvalue weighted by Gasteiger charge is -2.33. The third-order valence-electron chi connectivity index (χ3n) is 7.42. The van der Waals surface area contributed by atoms with Crippen LogP contribution < -0.4 is 0 Å². The Bertz CT molecular complexity index is 879. The molecule has 0 radical (unpaired) electrons. The Kier molecular flexibility index (Phi) is 2.31. The first-order valence-corrected chi connectivity index (χ1v) is 8.81. The summed E-state index contributed by atoms with van der Waals surface area (Å²) in [6.07, 6.45) is 4.68. The number of rotatable bonds is 2. The zero-order chi connectivity index (χ0) is 16.8. The van der Waals surface area contributed by atoms with Gasteiger partial charge in [-0.15, -0.1) is 0 Å². The Balaban J connectivity index is 1.86. The van der Waals surface area contributed by atoms with Crippen LogP contribution in [0, 0.1) is 16.7 Å². The van der Waals surface area contributed by atoms with Gasteiger partial charge in [0.15, 0.2) is 0 Å². The molecule has 0 heterocycles. The van der Waals surface area contributed by atoms with Crippen molar-refractivity contribution >= 4 is 5.78 Å². The van der Waals surface area contributed by atoms with Crippen molar-refractivity contribution in [3.63, 3.8) is 0 Å². The van der Waals surface area contributed by atoms with E-state index in [4.69, 9.17) is 0 Å². The third-order valence-corrected chi connectivity index (χ3v) is 7.42. The minimum absolute atomic E-state index is 0.136. The zero-order valence-corrected chi connectivity index (χ0v) is 14.4. The Morgan fingerprint density at radius 2 is 1.33 bits per heavy atom. The Morgan fingerprint density at radius 1 is 0.792 bits per heavy atom. The maximum atomic E-state index is 13.6. The molecule has 120 valence electrons. The van der Waals surface area contributed by atoms with Gasteiger partial charge >= 0.3 is 0 Å². The first kappa shape index (κ1) is 14.2. The number of allylic oxidation sites excluding steroid dienone is 2. The van der Waals surface area contributed by atoms with Crippen LogP contribution >= 0.6 is 0 Å². The van der Waals surface area contributed by atoms with Gasteiger partial charge < -0.3 is 0 Å². The summed E-state index contributed by atoms with van der Waals surface area (Å²) < 4.78 is 0. The fourth-order valence-corrected chi connectivity index (χ4v) is 6.65. The predicted octanol–water partition coefficient (Wildman–Crippen LogP) is 4.68. The third kappa shape index (κ3) is 1.08. The first-order chi connectivity index (χ1) is 11.5. The number of Topliss-reactive ketones (excluding diaryl/α,β-unsaturated/α-hetero) is 1. The van der Waals surface area contributed by atoms with Crippen LogP contribution in [0.2, 0.25) is 0 Å². The second kappa shape index (κ2) is 3.91. The highest BCUT2D eigenvalue weighted by Crippen LogP contribution is 2.91. The molecule has 0 spiro atoms. The summed E-state index contributed by atoms with van der Waals surface area (Å²) in [6, 6.07) is 21.4. The van der Waals surface area contributed by atoms with E-state index in [1.54, 1.807) is 0 Å². The molecule has 1 heteroatoms. The highest BCUT2D eigenvalue weighted by atomic mass is 16.1. The van der Waals surface area contributed by atoms with Gasteiger partial charge in [0.1, 0.15) is 5.78 Å². The molecule has 24 heavy (non-hydrogen) atoms. The van der Waals surface area contributed by atoms with Crippen LogP contribution in [-0.4, -0.2) is 5.78 Å². The number of hydrogen-bond acceptors (Lipinski definition) is 1. The summed E-state index contributed by atoms with van der Waals surface area (Å²) in [6.45, 7) is 6.47. The average molecular weight is 314 g/mol. The van der Waals surface area contributed by atoms with E-state index in [0.29, 0.717) is 5.78 Å². The standard InChI is InChI=1S/C23H22O/c1-20(2)18-14-15-22(16-10-6-4-7-11-16)21(3,19(20)24)23(18,22)17-12-8-5-9-13-17/h4-15,18H,1-3H3. The van der Waals surface area contributed by atoms with Crippen LogP contribution in [0.15, 0.2) is 72.8 Å². The minimum Gasteiger partial charge on any atom is -0.298 e. The van der Waals surface area contributed by atoms with Gasteiger partial charge in [-0.05, 0) is 11.1 Å². The topological polar surface area (TPSA) is 17.1 Å². The van der Waals surface area contributed by atoms with Crippen LogP contribution in [0.4, 0.5) is 0 Å². The summed E-state index contributed by atoms with van der Waals surface area (Å²) in [5.41, 5.74) is 1.59. The molecule has 0 aromatic heterocycles. The van der Waals surface area contributed by atoms with Gasteiger partial charge in [-0.3, -0.25) is 4.79 Å². The maximum absolute atomic E-state index is 13.6. The van der Waals surface area contributed by atoms with Crippen molar-refractivity contribution in [1.82, 2.24) is 0 Å². The molecular weight excluding hydrogens is 292 g/mol. The van der Waals surface area contributed by atoms with Crippen molar-refractivity contribution in [2.45, 2.75) is 31.6 Å². The van der Waals surface area contributed by atoms with Crippen molar-refractivity contribution in [2.24, 2.45) is 16.7 Å². The zero-order valence-electron chi connectivity index (χ0n) is 14.4. The molecule has 2 aromatic rings. The SMILES string of the molecule is CC1(C)C(=O)C2(C)C3(c4ccccc4)C=CC1C23c1ccccc1. The molecule has 3 aliphatic rings. The normalized spacial score (nSPS) is 40.6. The molecule has 2 saturated carbocycles. The molecule has 0 amide bonds. The van der Waals surface area contributed by atoms with Crippen molar-refractivity contribution < 1.29 is 4.79 Å². The summed E-state index contributed by atoms with van der Waals surface area (Å²) in [5.74, 6) is 0.669. The van der Waals surface area contributed by atoms with Crippen LogP contribution in [0.5, 0.6) is 0 Å². The number of ketones is 1. The fourth-order valence-electron chi connectivity index (χ4n) is 6.65. The molecule has 0 saturated heterocycles. The molecule has 2 aromatic carbocycles. The number of carbonyl (C=O) groups excluding carboxylic acids is 1. The average Bonchev–Trinajstić information content (AvgIpc) is 2.88. The number of fused-ring (bicyclic) bond motifs is 1. The molecule has 5 rings (SSSR count). The van der Waals surface area contributed by atoms with E-state index in [0.717, 1.165) is 0 Å². The van der Waals surface area contributed by atoms with Gasteiger partial charge in [0.25, 0.3) is 0 Å². The fraction of sp³-hybridized carbons (Fsp3) is 0.348. The summed E-state index contributed by atoms with van der Waals surface area (Å²) in [4.78, 5) is 13.6.